The maximum Gasteiger partial charge on any atom is 0.191 e. The van der Waals surface area contributed by atoms with Crippen molar-refractivity contribution in [1.82, 2.24) is 15.5 Å². The topological polar surface area (TPSA) is 48.9 Å². The number of likely N-dealkylation sites (N-methyl/N-ethyl adjacent to an activating group) is 1. The van der Waals surface area contributed by atoms with E-state index in [9.17, 15) is 4.39 Å². The van der Waals surface area contributed by atoms with Gasteiger partial charge in [-0.2, -0.15) is 0 Å². The molecule has 0 heterocycles. The van der Waals surface area contributed by atoms with Crippen molar-refractivity contribution in [3.63, 3.8) is 0 Å². The monoisotopic (exact) mass is 372 g/mol. The average molecular weight is 372 g/mol. The second kappa shape index (κ2) is 9.92. The number of benzene rings is 2. The van der Waals surface area contributed by atoms with E-state index >= 15 is 0 Å². The lowest BCUT2D eigenvalue weighted by molar-refractivity contribution is 0.297. The Bertz CT molecular complexity index is 777. The highest BCUT2D eigenvalue weighted by molar-refractivity contribution is 5.79. The molecule has 0 radical (unpaired) electrons. The van der Waals surface area contributed by atoms with Gasteiger partial charge < -0.3 is 20.3 Å². The zero-order chi connectivity index (χ0) is 19.8. The number of rotatable bonds is 7. The molecular weight excluding hydrogens is 343 g/mol. The summed E-state index contributed by atoms with van der Waals surface area (Å²) in [6.45, 7) is 3.02. The van der Waals surface area contributed by atoms with E-state index < -0.39 is 0 Å². The number of aryl methyl sites for hydroxylation is 1. The first-order valence-electron chi connectivity index (χ1n) is 8.94. The maximum atomic E-state index is 13.4. The van der Waals surface area contributed by atoms with Gasteiger partial charge in [0.1, 0.15) is 11.6 Å². The van der Waals surface area contributed by atoms with Crippen molar-refractivity contribution in [2.45, 2.75) is 19.5 Å². The number of nitrogens with zero attached hydrogens (tertiary/aromatic N) is 2. The minimum Gasteiger partial charge on any atom is -0.497 e. The molecule has 5 nitrogen and oxygen atoms in total. The molecule has 0 saturated carbocycles. The summed E-state index contributed by atoms with van der Waals surface area (Å²) in [4.78, 5) is 6.43. The molecule has 2 aromatic rings. The molecule has 0 fully saturated rings. The van der Waals surface area contributed by atoms with Crippen molar-refractivity contribution in [1.29, 1.82) is 0 Å². The van der Waals surface area contributed by atoms with Crippen molar-refractivity contribution in [3.8, 4) is 5.75 Å². The molecule has 0 aromatic heterocycles. The van der Waals surface area contributed by atoms with Gasteiger partial charge in [0.15, 0.2) is 5.96 Å². The van der Waals surface area contributed by atoms with Crippen LogP contribution in [0.2, 0.25) is 0 Å². The molecule has 0 amide bonds. The highest BCUT2D eigenvalue weighted by Crippen LogP contribution is 2.22. The van der Waals surface area contributed by atoms with E-state index in [0.29, 0.717) is 24.6 Å². The van der Waals surface area contributed by atoms with Gasteiger partial charge in [-0.05, 0) is 55.9 Å². The van der Waals surface area contributed by atoms with Crippen LogP contribution in [-0.4, -0.2) is 45.7 Å². The molecule has 0 aliphatic rings. The quantitative estimate of drug-likeness (QED) is 0.579. The van der Waals surface area contributed by atoms with Gasteiger partial charge in [-0.25, -0.2) is 4.39 Å². The van der Waals surface area contributed by atoms with Crippen LogP contribution in [0.5, 0.6) is 5.75 Å². The standard InChI is InChI=1S/C21H29FN4O/c1-15-11-16(9-10-19(15)22)13-24-21(23-2)25-14-20(26(3)4)17-7-6-8-18(12-17)27-5/h6-12,20H,13-14H2,1-5H3,(H2,23,24,25). The van der Waals surface area contributed by atoms with Gasteiger partial charge in [-0.3, -0.25) is 4.99 Å². The Balaban J connectivity index is 1.98. The minimum absolute atomic E-state index is 0.159. The number of methoxy groups -OCH3 is 1. The Labute approximate surface area is 161 Å². The first-order chi connectivity index (χ1) is 12.9. The van der Waals surface area contributed by atoms with Crippen molar-refractivity contribution in [2.75, 3.05) is 34.8 Å². The summed E-state index contributed by atoms with van der Waals surface area (Å²) in [6.07, 6.45) is 0. The van der Waals surface area contributed by atoms with E-state index in [1.165, 1.54) is 6.07 Å². The lowest BCUT2D eigenvalue weighted by atomic mass is 10.1. The third-order valence-corrected chi connectivity index (χ3v) is 4.47. The highest BCUT2D eigenvalue weighted by atomic mass is 19.1. The summed E-state index contributed by atoms with van der Waals surface area (Å²) in [5.74, 6) is 1.36. The van der Waals surface area contributed by atoms with Crippen molar-refractivity contribution < 1.29 is 9.13 Å². The molecule has 6 heteroatoms. The summed E-state index contributed by atoms with van der Waals surface area (Å²) < 4.78 is 18.7. The molecule has 146 valence electrons. The van der Waals surface area contributed by atoms with E-state index in [-0.39, 0.29) is 11.9 Å². The molecular formula is C21H29FN4O. The molecule has 0 spiro atoms. The molecule has 2 aromatic carbocycles. The zero-order valence-corrected chi connectivity index (χ0v) is 16.7. The fourth-order valence-electron chi connectivity index (χ4n) is 2.86. The largest absolute Gasteiger partial charge is 0.497 e. The molecule has 1 unspecified atom stereocenters. The smallest absolute Gasteiger partial charge is 0.191 e. The Hall–Kier alpha value is -2.60. The van der Waals surface area contributed by atoms with Crippen LogP contribution in [0.4, 0.5) is 4.39 Å². The summed E-state index contributed by atoms with van der Waals surface area (Å²) in [7, 11) is 7.50. The number of guanidine groups is 1. The van der Waals surface area contributed by atoms with E-state index in [4.69, 9.17) is 4.74 Å². The van der Waals surface area contributed by atoms with E-state index in [1.807, 2.05) is 38.4 Å². The van der Waals surface area contributed by atoms with Gasteiger partial charge in [0.05, 0.1) is 13.2 Å². The van der Waals surface area contributed by atoms with E-state index in [0.717, 1.165) is 16.9 Å². The fraction of sp³-hybridized carbons (Fsp3) is 0.381. The molecule has 1 atom stereocenters. The SMILES string of the molecule is CN=C(NCc1ccc(F)c(C)c1)NCC(c1cccc(OC)c1)N(C)C. The van der Waals surface area contributed by atoms with Gasteiger partial charge in [0.25, 0.3) is 0 Å². The molecule has 0 bridgehead atoms. The summed E-state index contributed by atoms with van der Waals surface area (Å²) >= 11 is 0. The average Bonchev–Trinajstić information content (AvgIpc) is 2.67. The van der Waals surface area contributed by atoms with Crippen LogP contribution in [0.15, 0.2) is 47.5 Å². The van der Waals surface area contributed by atoms with Gasteiger partial charge in [0.2, 0.25) is 0 Å². The maximum absolute atomic E-state index is 13.4. The van der Waals surface area contributed by atoms with Gasteiger partial charge in [-0.1, -0.05) is 24.3 Å². The Kier molecular flexibility index (Phi) is 7.61. The molecule has 0 saturated heterocycles. The van der Waals surface area contributed by atoms with Crippen LogP contribution in [0.25, 0.3) is 0 Å². The number of hydrogen-bond donors (Lipinski definition) is 2. The predicted octanol–water partition coefficient (Wildman–Crippen LogP) is 3.11. The third-order valence-electron chi connectivity index (χ3n) is 4.47. The van der Waals surface area contributed by atoms with Crippen LogP contribution in [0, 0.1) is 12.7 Å². The summed E-state index contributed by atoms with van der Waals surface area (Å²) in [5.41, 5.74) is 2.81. The lowest BCUT2D eigenvalue weighted by Crippen LogP contribution is -2.41. The summed E-state index contributed by atoms with van der Waals surface area (Å²) in [6, 6.07) is 13.3. The number of aliphatic imine (C=N–C) groups is 1. The lowest BCUT2D eigenvalue weighted by Gasteiger charge is -2.26. The second-order valence-corrected chi connectivity index (χ2v) is 6.65. The number of nitrogens with one attached hydrogen (secondary N) is 2. The van der Waals surface area contributed by atoms with Crippen LogP contribution in [0.3, 0.4) is 0 Å². The Morgan fingerprint density at radius 2 is 1.96 bits per heavy atom. The van der Waals surface area contributed by atoms with Crippen LogP contribution >= 0.6 is 0 Å². The first kappa shape index (κ1) is 20.7. The molecule has 0 aliphatic carbocycles. The van der Waals surface area contributed by atoms with Crippen molar-refractivity contribution >= 4 is 5.96 Å². The van der Waals surface area contributed by atoms with Crippen LogP contribution in [0.1, 0.15) is 22.7 Å². The molecule has 0 aliphatic heterocycles. The highest BCUT2D eigenvalue weighted by Gasteiger charge is 2.15. The summed E-state index contributed by atoms with van der Waals surface area (Å²) in [5, 5.41) is 6.64. The number of ether oxygens (including phenoxy) is 1. The van der Waals surface area contributed by atoms with Gasteiger partial charge >= 0.3 is 0 Å². The number of halogens is 1. The van der Waals surface area contributed by atoms with Crippen LogP contribution in [-0.2, 0) is 6.54 Å². The van der Waals surface area contributed by atoms with Crippen LogP contribution < -0.4 is 15.4 Å². The fourth-order valence-corrected chi connectivity index (χ4v) is 2.86. The minimum atomic E-state index is -0.187. The number of hydrogen-bond acceptors (Lipinski definition) is 3. The second-order valence-electron chi connectivity index (χ2n) is 6.65. The van der Waals surface area contributed by atoms with E-state index in [2.05, 4.69) is 26.6 Å². The Morgan fingerprint density at radius 1 is 1.19 bits per heavy atom. The normalized spacial score (nSPS) is 12.8. The molecule has 2 N–H and O–H groups in total. The first-order valence-corrected chi connectivity index (χ1v) is 8.94. The molecule has 27 heavy (non-hydrogen) atoms. The molecule has 2 rings (SSSR count). The van der Waals surface area contributed by atoms with E-state index in [1.54, 1.807) is 27.1 Å². The zero-order valence-electron chi connectivity index (χ0n) is 16.7. The van der Waals surface area contributed by atoms with Crippen molar-refractivity contribution in [2.24, 2.45) is 4.99 Å². The van der Waals surface area contributed by atoms with Crippen molar-refractivity contribution in [3.05, 3.63) is 65.0 Å². The van der Waals surface area contributed by atoms with Gasteiger partial charge in [-0.15, -0.1) is 0 Å². The third kappa shape index (κ3) is 5.96. The van der Waals surface area contributed by atoms with Gasteiger partial charge in [0, 0.05) is 20.1 Å². The predicted molar refractivity (Wildman–Crippen MR) is 109 cm³/mol. The Morgan fingerprint density at radius 3 is 2.59 bits per heavy atom.